The third kappa shape index (κ3) is 1.50. The number of pyridine rings is 1. The fourth-order valence-electron chi connectivity index (χ4n) is 1.51. The van der Waals surface area contributed by atoms with Crippen molar-refractivity contribution in [3.63, 3.8) is 0 Å². The number of rotatable bonds is 2. The highest BCUT2D eigenvalue weighted by atomic mass is 19.1. The van der Waals surface area contributed by atoms with Crippen LogP contribution in [0.4, 0.5) is 4.39 Å². The van der Waals surface area contributed by atoms with E-state index < -0.39 is 11.7 Å². The molecule has 0 radical (unpaired) electrons. The summed E-state index contributed by atoms with van der Waals surface area (Å²) in [5, 5.41) is 10.4. The lowest BCUT2D eigenvalue weighted by atomic mass is 10.1. The molecule has 1 aromatic heterocycles. The number of benzene rings is 1. The maximum absolute atomic E-state index is 13.0. The molecule has 4 nitrogen and oxygen atoms in total. The monoisotopic (exact) mass is 223 g/mol. The van der Waals surface area contributed by atoms with Gasteiger partial charge in [0, 0.05) is 17.0 Å². The second-order valence-corrected chi connectivity index (χ2v) is 3.19. The molecular formula is C11H10FNO3. The Morgan fingerprint density at radius 2 is 1.81 bits per heavy atom. The Morgan fingerprint density at radius 1 is 1.19 bits per heavy atom. The van der Waals surface area contributed by atoms with E-state index in [1.165, 1.54) is 26.5 Å². The van der Waals surface area contributed by atoms with Crippen LogP contribution in [0, 0.1) is 5.95 Å². The summed E-state index contributed by atoms with van der Waals surface area (Å²) in [5.41, 5.74) is 0. The van der Waals surface area contributed by atoms with Gasteiger partial charge in [-0.15, -0.1) is 0 Å². The smallest absolute Gasteiger partial charge is 0.255 e. The van der Waals surface area contributed by atoms with Crippen LogP contribution in [0.15, 0.2) is 18.3 Å². The fraction of sp³-hybridized carbons (Fsp3) is 0.182. The van der Waals surface area contributed by atoms with Gasteiger partial charge in [-0.2, -0.15) is 4.39 Å². The average Bonchev–Trinajstić information content (AvgIpc) is 2.32. The molecule has 2 aromatic rings. The summed E-state index contributed by atoms with van der Waals surface area (Å²) >= 11 is 0. The molecule has 0 atom stereocenters. The third-order valence-corrected chi connectivity index (χ3v) is 2.32. The van der Waals surface area contributed by atoms with Gasteiger partial charge in [-0.05, 0) is 12.1 Å². The van der Waals surface area contributed by atoms with Crippen LogP contribution in [0.1, 0.15) is 0 Å². The highest BCUT2D eigenvalue weighted by molar-refractivity contribution is 5.90. The van der Waals surface area contributed by atoms with Crippen LogP contribution in [-0.2, 0) is 0 Å². The van der Waals surface area contributed by atoms with Crippen molar-refractivity contribution in [1.82, 2.24) is 4.98 Å². The molecular weight excluding hydrogens is 213 g/mol. The lowest BCUT2D eigenvalue weighted by Crippen LogP contribution is -1.92. The van der Waals surface area contributed by atoms with Crippen LogP contribution in [0.5, 0.6) is 17.2 Å². The number of methoxy groups -OCH3 is 2. The summed E-state index contributed by atoms with van der Waals surface area (Å²) in [6.45, 7) is 0. The summed E-state index contributed by atoms with van der Waals surface area (Å²) in [4.78, 5) is 3.42. The Labute approximate surface area is 91.2 Å². The zero-order valence-electron chi connectivity index (χ0n) is 8.82. The van der Waals surface area contributed by atoms with Crippen molar-refractivity contribution in [3.8, 4) is 17.2 Å². The lowest BCUT2D eigenvalue weighted by molar-refractivity contribution is 0.355. The van der Waals surface area contributed by atoms with E-state index in [-0.39, 0.29) is 0 Å². The first kappa shape index (κ1) is 10.5. The molecule has 0 unspecified atom stereocenters. The first-order valence-corrected chi connectivity index (χ1v) is 4.56. The van der Waals surface area contributed by atoms with Crippen LogP contribution >= 0.6 is 0 Å². The number of nitrogens with zero attached hydrogens (tertiary/aromatic N) is 1. The van der Waals surface area contributed by atoms with Gasteiger partial charge >= 0.3 is 0 Å². The van der Waals surface area contributed by atoms with Crippen LogP contribution < -0.4 is 9.47 Å². The van der Waals surface area contributed by atoms with Crippen LogP contribution in [-0.4, -0.2) is 24.3 Å². The Balaban J connectivity index is 2.78. The minimum absolute atomic E-state index is 0.338. The largest absolute Gasteiger partial charge is 0.503 e. The van der Waals surface area contributed by atoms with Gasteiger partial charge < -0.3 is 14.6 Å². The van der Waals surface area contributed by atoms with E-state index in [2.05, 4.69) is 4.98 Å². The SMILES string of the molecule is COc1cc2cnc(F)c(O)c2cc1OC. The zero-order chi connectivity index (χ0) is 11.7. The summed E-state index contributed by atoms with van der Waals surface area (Å²) in [7, 11) is 2.97. The van der Waals surface area contributed by atoms with Crippen molar-refractivity contribution in [2.24, 2.45) is 0 Å². The van der Waals surface area contributed by atoms with Gasteiger partial charge in [0.05, 0.1) is 14.2 Å². The Morgan fingerprint density at radius 3 is 2.44 bits per heavy atom. The summed E-state index contributed by atoms with van der Waals surface area (Å²) in [6.07, 6.45) is 1.33. The minimum Gasteiger partial charge on any atom is -0.503 e. The summed E-state index contributed by atoms with van der Waals surface area (Å²) < 4.78 is 23.2. The Bertz CT molecular complexity index is 542. The van der Waals surface area contributed by atoms with Gasteiger partial charge in [0.25, 0.3) is 5.95 Å². The lowest BCUT2D eigenvalue weighted by Gasteiger charge is -2.09. The molecule has 84 valence electrons. The molecule has 16 heavy (non-hydrogen) atoms. The van der Waals surface area contributed by atoms with Crippen LogP contribution in [0.3, 0.4) is 0 Å². The number of fused-ring (bicyclic) bond motifs is 1. The van der Waals surface area contributed by atoms with Gasteiger partial charge in [-0.25, -0.2) is 4.98 Å². The molecule has 0 saturated heterocycles. The molecule has 0 spiro atoms. The number of hydrogen-bond acceptors (Lipinski definition) is 4. The number of aromatic hydroxyl groups is 1. The topological polar surface area (TPSA) is 51.6 Å². The van der Waals surface area contributed by atoms with Crippen molar-refractivity contribution in [3.05, 3.63) is 24.3 Å². The maximum atomic E-state index is 13.0. The van der Waals surface area contributed by atoms with E-state index >= 15 is 0 Å². The molecule has 2 rings (SSSR count). The van der Waals surface area contributed by atoms with Crippen molar-refractivity contribution < 1.29 is 19.0 Å². The summed E-state index contributed by atoms with van der Waals surface area (Å²) in [5.74, 6) is -0.461. The van der Waals surface area contributed by atoms with Gasteiger partial charge in [0.2, 0.25) is 0 Å². The molecule has 0 aliphatic rings. The molecule has 1 heterocycles. The Kier molecular flexibility index (Phi) is 2.52. The van der Waals surface area contributed by atoms with E-state index in [4.69, 9.17) is 9.47 Å². The number of ether oxygens (including phenoxy) is 2. The van der Waals surface area contributed by atoms with Gasteiger partial charge in [-0.1, -0.05) is 0 Å². The van der Waals surface area contributed by atoms with Gasteiger partial charge in [-0.3, -0.25) is 0 Å². The molecule has 0 fully saturated rings. The van der Waals surface area contributed by atoms with E-state index in [0.717, 1.165) is 0 Å². The quantitative estimate of drug-likeness (QED) is 0.792. The third-order valence-electron chi connectivity index (χ3n) is 2.32. The highest BCUT2D eigenvalue weighted by Crippen LogP contribution is 2.36. The molecule has 0 aliphatic heterocycles. The van der Waals surface area contributed by atoms with Crippen molar-refractivity contribution >= 4 is 10.8 Å². The van der Waals surface area contributed by atoms with E-state index in [1.807, 2.05) is 0 Å². The number of aromatic nitrogens is 1. The number of hydrogen-bond donors (Lipinski definition) is 1. The van der Waals surface area contributed by atoms with Crippen molar-refractivity contribution in [2.75, 3.05) is 14.2 Å². The average molecular weight is 223 g/mol. The normalized spacial score (nSPS) is 10.4. The Hall–Kier alpha value is -2.04. The van der Waals surface area contributed by atoms with Crippen LogP contribution in [0.25, 0.3) is 10.8 Å². The predicted octanol–water partition coefficient (Wildman–Crippen LogP) is 2.10. The standard InChI is InChI=1S/C11H10FNO3/c1-15-8-3-6-5-13-11(12)10(14)7(6)4-9(8)16-2/h3-5,14H,1-2H3. The van der Waals surface area contributed by atoms with E-state index in [0.29, 0.717) is 22.3 Å². The molecule has 0 amide bonds. The molecule has 1 aromatic carbocycles. The first-order chi connectivity index (χ1) is 7.67. The second-order valence-electron chi connectivity index (χ2n) is 3.19. The molecule has 1 N–H and O–H groups in total. The summed E-state index contributed by atoms with van der Waals surface area (Å²) in [6, 6.07) is 3.13. The molecule has 0 aliphatic carbocycles. The number of halogens is 1. The fourth-order valence-corrected chi connectivity index (χ4v) is 1.51. The van der Waals surface area contributed by atoms with Crippen molar-refractivity contribution in [1.29, 1.82) is 0 Å². The van der Waals surface area contributed by atoms with Gasteiger partial charge in [0.15, 0.2) is 17.2 Å². The molecule has 0 saturated carbocycles. The molecule has 5 heteroatoms. The van der Waals surface area contributed by atoms with Crippen molar-refractivity contribution in [2.45, 2.75) is 0 Å². The predicted molar refractivity (Wildman–Crippen MR) is 56.5 cm³/mol. The second kappa shape index (κ2) is 3.84. The highest BCUT2D eigenvalue weighted by Gasteiger charge is 2.12. The van der Waals surface area contributed by atoms with Crippen LogP contribution in [0.2, 0.25) is 0 Å². The maximum Gasteiger partial charge on any atom is 0.255 e. The van der Waals surface area contributed by atoms with Gasteiger partial charge in [0.1, 0.15) is 0 Å². The van der Waals surface area contributed by atoms with E-state index in [9.17, 15) is 9.50 Å². The van der Waals surface area contributed by atoms with E-state index in [1.54, 1.807) is 6.07 Å². The molecule has 0 bridgehead atoms. The first-order valence-electron chi connectivity index (χ1n) is 4.56. The minimum atomic E-state index is -0.903. The zero-order valence-corrected chi connectivity index (χ0v) is 8.82.